The van der Waals surface area contributed by atoms with E-state index in [4.69, 9.17) is 4.74 Å². The molecule has 1 saturated heterocycles. The molecule has 1 fully saturated rings. The highest BCUT2D eigenvalue weighted by atomic mass is 16.5. The third-order valence-corrected chi connectivity index (χ3v) is 2.37. The lowest BCUT2D eigenvalue weighted by atomic mass is 10.2. The van der Waals surface area contributed by atoms with Crippen molar-refractivity contribution in [2.45, 2.75) is 6.42 Å². The Hall–Kier alpha value is -1.53. The third kappa shape index (κ3) is 2.71. The van der Waals surface area contributed by atoms with Gasteiger partial charge in [0.25, 0.3) is 0 Å². The zero-order valence-electron chi connectivity index (χ0n) is 8.53. The molecule has 0 N–H and O–H groups in total. The van der Waals surface area contributed by atoms with E-state index in [0.717, 1.165) is 12.0 Å². The predicted molar refractivity (Wildman–Crippen MR) is 57.0 cm³/mol. The molecule has 2 rings (SSSR count). The van der Waals surface area contributed by atoms with Gasteiger partial charge in [0.05, 0.1) is 6.61 Å². The molecule has 0 unspecified atom stereocenters. The summed E-state index contributed by atoms with van der Waals surface area (Å²) in [6, 6.07) is 0. The highest BCUT2D eigenvalue weighted by Crippen LogP contribution is 2.07. The average molecular weight is 203 g/mol. The van der Waals surface area contributed by atoms with Crippen molar-refractivity contribution in [2.75, 3.05) is 26.3 Å². The number of morpholine rings is 1. The lowest BCUT2D eigenvalue weighted by Gasteiger charge is -2.26. The van der Waals surface area contributed by atoms with Crippen molar-refractivity contribution in [2.24, 2.45) is 0 Å². The van der Waals surface area contributed by atoms with Crippen LogP contribution in [0.2, 0.25) is 0 Å². The predicted octanol–water partition coefficient (Wildman–Crippen LogP) is 0.735. The van der Waals surface area contributed by atoms with Crippen LogP contribution in [0.15, 0.2) is 23.8 Å². The molecule has 1 heterocycles. The lowest BCUT2D eigenvalue weighted by Crippen LogP contribution is -2.42. The topological polar surface area (TPSA) is 29.5 Å². The van der Waals surface area contributed by atoms with Crippen molar-refractivity contribution in [3.05, 3.63) is 23.8 Å². The van der Waals surface area contributed by atoms with E-state index in [1.54, 1.807) is 0 Å². The van der Waals surface area contributed by atoms with E-state index >= 15 is 0 Å². The minimum atomic E-state index is 0.0627. The molecule has 1 aliphatic carbocycles. The molecule has 0 aromatic heterocycles. The summed E-state index contributed by atoms with van der Waals surface area (Å²) in [4.78, 5) is 13.3. The second kappa shape index (κ2) is 4.81. The van der Waals surface area contributed by atoms with Gasteiger partial charge in [0.15, 0.2) is 0 Å². The number of hydrogen-bond donors (Lipinski definition) is 0. The van der Waals surface area contributed by atoms with Gasteiger partial charge in [-0.15, -0.1) is 0 Å². The van der Waals surface area contributed by atoms with Gasteiger partial charge in [-0.05, 0) is 11.6 Å². The van der Waals surface area contributed by atoms with Crippen molar-refractivity contribution >= 4 is 5.91 Å². The molecule has 2 aliphatic rings. The van der Waals surface area contributed by atoms with Crippen LogP contribution >= 0.6 is 0 Å². The average Bonchev–Trinajstić information content (AvgIpc) is 2.50. The molecule has 1 amide bonds. The van der Waals surface area contributed by atoms with Crippen molar-refractivity contribution < 1.29 is 9.53 Å². The third-order valence-electron chi connectivity index (χ3n) is 2.37. The number of allylic oxidation sites excluding steroid dienone is 2. The zero-order valence-corrected chi connectivity index (χ0v) is 8.53. The summed E-state index contributed by atoms with van der Waals surface area (Å²) in [5.74, 6) is 6.01. The van der Waals surface area contributed by atoms with Crippen LogP contribution in [-0.4, -0.2) is 37.1 Å². The molecule has 0 saturated carbocycles. The summed E-state index contributed by atoms with van der Waals surface area (Å²) in [6.07, 6.45) is 6.72. The number of carbonyl (C=O) groups is 1. The van der Waals surface area contributed by atoms with E-state index < -0.39 is 0 Å². The highest BCUT2D eigenvalue weighted by molar-refractivity contribution is 5.78. The minimum absolute atomic E-state index is 0.0627. The Bertz CT molecular complexity index is 371. The first-order valence-corrected chi connectivity index (χ1v) is 5.06. The molecule has 0 bridgehead atoms. The summed E-state index contributed by atoms with van der Waals surface area (Å²) < 4.78 is 5.07. The van der Waals surface area contributed by atoms with Gasteiger partial charge in [0, 0.05) is 19.5 Å². The summed E-state index contributed by atoms with van der Waals surface area (Å²) in [5.41, 5.74) is 1.09. The van der Waals surface area contributed by atoms with Gasteiger partial charge in [0.2, 0.25) is 5.91 Å². The molecule has 0 radical (unpaired) electrons. The largest absolute Gasteiger partial charge is 0.370 e. The van der Waals surface area contributed by atoms with Crippen molar-refractivity contribution in [1.82, 2.24) is 4.90 Å². The van der Waals surface area contributed by atoms with Gasteiger partial charge < -0.3 is 9.64 Å². The standard InChI is InChI=1S/C12H13NO2/c14-12-10-15-8-7-13(12)9-11-5-3-1-2-4-6-11/h3,5-6H,1,7-10H2. The van der Waals surface area contributed by atoms with E-state index in [9.17, 15) is 4.79 Å². The Morgan fingerprint density at radius 1 is 1.53 bits per heavy atom. The Balaban J connectivity index is 1.99. The van der Waals surface area contributed by atoms with Crippen LogP contribution in [-0.2, 0) is 9.53 Å². The fourth-order valence-electron chi connectivity index (χ4n) is 1.56. The van der Waals surface area contributed by atoms with E-state index in [0.29, 0.717) is 19.7 Å². The molecule has 0 spiro atoms. The van der Waals surface area contributed by atoms with E-state index in [-0.39, 0.29) is 12.5 Å². The molecular weight excluding hydrogens is 190 g/mol. The number of carbonyl (C=O) groups excluding carboxylic acids is 1. The second-order valence-electron chi connectivity index (χ2n) is 3.51. The molecule has 3 heteroatoms. The fraction of sp³-hybridized carbons (Fsp3) is 0.417. The van der Waals surface area contributed by atoms with Crippen molar-refractivity contribution in [3.8, 4) is 11.8 Å². The van der Waals surface area contributed by atoms with Gasteiger partial charge in [-0.2, -0.15) is 0 Å². The van der Waals surface area contributed by atoms with Crippen LogP contribution in [0.3, 0.4) is 0 Å². The van der Waals surface area contributed by atoms with Crippen LogP contribution in [0, 0.1) is 11.8 Å². The van der Waals surface area contributed by atoms with Crippen LogP contribution in [0.5, 0.6) is 0 Å². The second-order valence-corrected chi connectivity index (χ2v) is 3.51. The minimum Gasteiger partial charge on any atom is -0.370 e. The van der Waals surface area contributed by atoms with Crippen LogP contribution < -0.4 is 0 Å². The monoisotopic (exact) mass is 203 g/mol. The molecule has 3 nitrogen and oxygen atoms in total. The SMILES string of the molecule is O=C1COCCN1CC1=CC#CCC=C1. The van der Waals surface area contributed by atoms with Gasteiger partial charge in [-0.3, -0.25) is 4.79 Å². The smallest absolute Gasteiger partial charge is 0.248 e. The number of nitrogens with zero attached hydrogens (tertiary/aromatic N) is 1. The van der Waals surface area contributed by atoms with Gasteiger partial charge in [-0.1, -0.05) is 24.0 Å². The van der Waals surface area contributed by atoms with Gasteiger partial charge >= 0.3 is 0 Å². The maximum Gasteiger partial charge on any atom is 0.248 e. The van der Waals surface area contributed by atoms with Crippen molar-refractivity contribution in [1.29, 1.82) is 0 Å². The maximum atomic E-state index is 11.5. The van der Waals surface area contributed by atoms with E-state index in [1.165, 1.54) is 0 Å². The quantitative estimate of drug-likeness (QED) is 0.619. The van der Waals surface area contributed by atoms with E-state index in [1.807, 2.05) is 23.1 Å². The zero-order chi connectivity index (χ0) is 10.5. The number of amides is 1. The first kappa shape index (κ1) is 10.0. The Morgan fingerprint density at radius 2 is 2.47 bits per heavy atom. The van der Waals surface area contributed by atoms with Gasteiger partial charge in [-0.25, -0.2) is 0 Å². The van der Waals surface area contributed by atoms with Crippen LogP contribution in [0.25, 0.3) is 0 Å². The molecule has 0 aromatic rings. The summed E-state index contributed by atoms with van der Waals surface area (Å²) in [5, 5.41) is 0. The summed E-state index contributed by atoms with van der Waals surface area (Å²) in [6.45, 7) is 2.17. The summed E-state index contributed by atoms with van der Waals surface area (Å²) >= 11 is 0. The maximum absolute atomic E-state index is 11.5. The van der Waals surface area contributed by atoms with Gasteiger partial charge in [0.1, 0.15) is 6.61 Å². The first-order valence-electron chi connectivity index (χ1n) is 5.06. The number of ether oxygens (including phenoxy) is 1. The Morgan fingerprint density at radius 3 is 3.33 bits per heavy atom. The van der Waals surface area contributed by atoms with E-state index in [2.05, 4.69) is 11.8 Å². The van der Waals surface area contributed by atoms with Crippen LogP contribution in [0.4, 0.5) is 0 Å². The molecule has 0 atom stereocenters. The number of rotatable bonds is 2. The molecule has 15 heavy (non-hydrogen) atoms. The highest BCUT2D eigenvalue weighted by Gasteiger charge is 2.18. The molecule has 0 aromatic carbocycles. The number of hydrogen-bond acceptors (Lipinski definition) is 2. The normalized spacial score (nSPS) is 20.4. The van der Waals surface area contributed by atoms with Crippen molar-refractivity contribution in [3.63, 3.8) is 0 Å². The lowest BCUT2D eigenvalue weighted by molar-refractivity contribution is -0.141. The molecule has 78 valence electrons. The molecule has 1 aliphatic heterocycles. The fourth-order valence-corrected chi connectivity index (χ4v) is 1.56. The first-order chi connectivity index (χ1) is 7.36. The van der Waals surface area contributed by atoms with Crippen LogP contribution in [0.1, 0.15) is 6.42 Å². The Kier molecular flexibility index (Phi) is 3.21. The molecular formula is C12H13NO2. The Labute approximate surface area is 89.4 Å². The summed E-state index contributed by atoms with van der Waals surface area (Å²) in [7, 11) is 0.